The van der Waals surface area contributed by atoms with Gasteiger partial charge in [-0.3, -0.25) is 4.72 Å². The van der Waals surface area contributed by atoms with E-state index in [1.807, 2.05) is 19.2 Å². The lowest BCUT2D eigenvalue weighted by atomic mass is 10.4. The van der Waals surface area contributed by atoms with Crippen molar-refractivity contribution in [1.82, 2.24) is 9.88 Å². The molecule has 0 aliphatic carbocycles. The van der Waals surface area contributed by atoms with Gasteiger partial charge in [0.2, 0.25) is 0 Å². The first-order chi connectivity index (χ1) is 5.18. The van der Waals surface area contributed by atoms with E-state index in [1.54, 1.807) is 0 Å². The highest BCUT2D eigenvalue weighted by atomic mass is 32.8. The molecule has 0 amide bonds. The standard InChI is InChI=1S/C6H10N2OS2/c1-5-3-6(8-9-5)4-7-11(2)10/h3,7H,4H2,1-2H3. The van der Waals surface area contributed by atoms with E-state index < -0.39 is 0 Å². The summed E-state index contributed by atoms with van der Waals surface area (Å²) in [5.74, 6) is 0.835. The average molecular weight is 190 g/mol. The van der Waals surface area contributed by atoms with Gasteiger partial charge in [-0.1, -0.05) is 14.8 Å². The van der Waals surface area contributed by atoms with Gasteiger partial charge in [0.15, 0.2) is 0 Å². The minimum Gasteiger partial charge on any atom is -0.361 e. The number of aromatic nitrogens is 1. The molecule has 0 radical (unpaired) electrons. The molecule has 1 aromatic rings. The first-order valence-electron chi connectivity index (χ1n) is 3.17. The van der Waals surface area contributed by atoms with Crippen LogP contribution < -0.4 is 4.72 Å². The molecule has 0 spiro atoms. The normalized spacial score (nSPS) is 13.3. The molecule has 0 saturated carbocycles. The quantitative estimate of drug-likeness (QED) is 0.761. The largest absolute Gasteiger partial charge is 0.361 e. The fourth-order valence-electron chi connectivity index (χ4n) is 0.677. The van der Waals surface area contributed by atoms with Crippen molar-refractivity contribution < 1.29 is 4.52 Å². The number of hydrogen-bond donors (Lipinski definition) is 1. The summed E-state index contributed by atoms with van der Waals surface area (Å²) in [6.45, 7) is 2.57. The zero-order valence-corrected chi connectivity index (χ0v) is 8.09. The van der Waals surface area contributed by atoms with Crippen LogP contribution in [0.3, 0.4) is 0 Å². The summed E-state index contributed by atoms with van der Waals surface area (Å²) in [7, 11) is -0.155. The van der Waals surface area contributed by atoms with Gasteiger partial charge in [0.1, 0.15) is 5.76 Å². The average Bonchev–Trinajstić information content (AvgIpc) is 2.31. The van der Waals surface area contributed by atoms with Crippen LogP contribution in [0.4, 0.5) is 0 Å². The number of nitrogens with zero attached hydrogens (tertiary/aromatic N) is 1. The SMILES string of the molecule is Cc1cc(CNS(C)=S)no1. The molecular weight excluding hydrogens is 180 g/mol. The Bertz CT molecular complexity index is 259. The summed E-state index contributed by atoms with van der Waals surface area (Å²) in [5, 5.41) is 3.81. The van der Waals surface area contributed by atoms with Gasteiger partial charge < -0.3 is 4.52 Å². The molecule has 0 aromatic carbocycles. The maximum Gasteiger partial charge on any atom is 0.133 e. The minimum absolute atomic E-state index is 0.155. The van der Waals surface area contributed by atoms with E-state index >= 15 is 0 Å². The third-order valence-corrected chi connectivity index (χ3v) is 2.04. The first-order valence-corrected chi connectivity index (χ1v) is 5.73. The summed E-state index contributed by atoms with van der Waals surface area (Å²) in [4.78, 5) is 0. The molecule has 5 heteroatoms. The fourth-order valence-corrected chi connectivity index (χ4v) is 1.20. The van der Waals surface area contributed by atoms with Gasteiger partial charge in [-0.05, 0) is 24.4 Å². The molecule has 0 saturated heterocycles. The van der Waals surface area contributed by atoms with E-state index in [-0.39, 0.29) is 9.64 Å². The Morgan fingerprint density at radius 1 is 1.82 bits per heavy atom. The third kappa shape index (κ3) is 3.09. The molecule has 0 bridgehead atoms. The van der Waals surface area contributed by atoms with Crippen molar-refractivity contribution in [2.24, 2.45) is 0 Å². The third-order valence-electron chi connectivity index (χ3n) is 1.13. The number of nitrogens with one attached hydrogen (secondary N) is 1. The Morgan fingerprint density at radius 2 is 2.55 bits per heavy atom. The highest BCUT2D eigenvalue weighted by Gasteiger charge is 1.98. The Morgan fingerprint density at radius 3 is 3.00 bits per heavy atom. The molecule has 1 atom stereocenters. The fraction of sp³-hybridized carbons (Fsp3) is 0.500. The summed E-state index contributed by atoms with van der Waals surface area (Å²) < 4.78 is 7.97. The Kier molecular flexibility index (Phi) is 3.16. The second-order valence-corrected chi connectivity index (χ2v) is 4.90. The maximum absolute atomic E-state index is 4.94. The van der Waals surface area contributed by atoms with E-state index in [1.165, 1.54) is 0 Å². The van der Waals surface area contributed by atoms with Crippen molar-refractivity contribution in [1.29, 1.82) is 0 Å². The van der Waals surface area contributed by atoms with Crippen molar-refractivity contribution in [2.75, 3.05) is 6.26 Å². The second kappa shape index (κ2) is 3.94. The molecule has 1 rings (SSSR count). The van der Waals surface area contributed by atoms with Crippen LogP contribution in [-0.4, -0.2) is 11.4 Å². The van der Waals surface area contributed by atoms with Gasteiger partial charge in [-0.15, -0.1) is 0 Å². The maximum atomic E-state index is 4.94. The summed E-state index contributed by atoms with van der Waals surface area (Å²) >= 11 is 4.94. The van der Waals surface area contributed by atoms with Gasteiger partial charge in [-0.2, -0.15) is 0 Å². The summed E-state index contributed by atoms with van der Waals surface area (Å²) in [5.41, 5.74) is 0.909. The number of aryl methyl sites for hydroxylation is 1. The predicted molar refractivity (Wildman–Crippen MR) is 48.7 cm³/mol. The molecule has 1 aromatic heterocycles. The Balaban J connectivity index is 2.45. The van der Waals surface area contributed by atoms with Crippen LogP contribution in [0.15, 0.2) is 10.6 Å². The summed E-state index contributed by atoms with van der Waals surface area (Å²) in [6.07, 6.45) is 1.95. The van der Waals surface area contributed by atoms with E-state index in [0.29, 0.717) is 6.54 Å². The predicted octanol–water partition coefficient (Wildman–Crippen LogP) is 0.698. The molecule has 1 heterocycles. The lowest BCUT2D eigenvalue weighted by Gasteiger charge is -1.96. The first kappa shape index (κ1) is 8.83. The molecule has 3 nitrogen and oxygen atoms in total. The highest BCUT2D eigenvalue weighted by molar-refractivity contribution is 8.27. The van der Waals surface area contributed by atoms with Crippen molar-refractivity contribution in [3.8, 4) is 0 Å². The van der Waals surface area contributed by atoms with E-state index in [0.717, 1.165) is 11.5 Å². The van der Waals surface area contributed by atoms with Crippen molar-refractivity contribution in [3.05, 3.63) is 17.5 Å². The minimum atomic E-state index is -0.155. The van der Waals surface area contributed by atoms with Crippen LogP contribution in [0, 0.1) is 6.92 Å². The monoisotopic (exact) mass is 190 g/mol. The van der Waals surface area contributed by atoms with Crippen LogP contribution in [0.2, 0.25) is 0 Å². The molecule has 11 heavy (non-hydrogen) atoms. The smallest absolute Gasteiger partial charge is 0.133 e. The zero-order valence-electron chi connectivity index (χ0n) is 6.46. The van der Waals surface area contributed by atoms with Crippen LogP contribution in [0.5, 0.6) is 0 Å². The highest BCUT2D eigenvalue weighted by Crippen LogP contribution is 2.00. The van der Waals surface area contributed by atoms with Crippen LogP contribution in [0.1, 0.15) is 11.5 Å². The summed E-state index contributed by atoms with van der Waals surface area (Å²) in [6, 6.07) is 1.90. The number of hydrogen-bond acceptors (Lipinski definition) is 3. The van der Waals surface area contributed by atoms with Gasteiger partial charge in [0, 0.05) is 6.07 Å². The van der Waals surface area contributed by atoms with Crippen molar-refractivity contribution in [3.63, 3.8) is 0 Å². The van der Waals surface area contributed by atoms with Crippen LogP contribution >= 0.6 is 0 Å². The Hall–Kier alpha value is -0.260. The van der Waals surface area contributed by atoms with Crippen LogP contribution in [0.25, 0.3) is 0 Å². The molecule has 1 unspecified atom stereocenters. The van der Waals surface area contributed by atoms with E-state index in [9.17, 15) is 0 Å². The molecule has 0 aliphatic rings. The molecular formula is C6H10N2OS2. The van der Waals surface area contributed by atoms with Gasteiger partial charge in [0.25, 0.3) is 0 Å². The van der Waals surface area contributed by atoms with Gasteiger partial charge in [-0.25, -0.2) is 0 Å². The van der Waals surface area contributed by atoms with Crippen molar-refractivity contribution >= 4 is 20.8 Å². The topological polar surface area (TPSA) is 38.1 Å². The Labute approximate surface area is 72.9 Å². The molecule has 62 valence electrons. The lowest BCUT2D eigenvalue weighted by molar-refractivity contribution is 0.390. The van der Waals surface area contributed by atoms with Gasteiger partial charge >= 0.3 is 0 Å². The van der Waals surface area contributed by atoms with Gasteiger partial charge in [0.05, 0.1) is 12.2 Å². The second-order valence-electron chi connectivity index (χ2n) is 2.20. The lowest BCUT2D eigenvalue weighted by Crippen LogP contribution is -2.13. The van der Waals surface area contributed by atoms with Crippen molar-refractivity contribution in [2.45, 2.75) is 13.5 Å². The van der Waals surface area contributed by atoms with Crippen LogP contribution in [-0.2, 0) is 27.4 Å². The van der Waals surface area contributed by atoms with E-state index in [4.69, 9.17) is 15.7 Å². The zero-order chi connectivity index (χ0) is 8.27. The molecule has 0 aliphatic heterocycles. The molecule has 0 fully saturated rings. The molecule has 1 N–H and O–H groups in total. The number of rotatable bonds is 3. The van der Waals surface area contributed by atoms with E-state index in [2.05, 4.69) is 9.88 Å².